The highest BCUT2D eigenvalue weighted by molar-refractivity contribution is 9.10. The quantitative estimate of drug-likeness (QED) is 0.619. The number of nitro benzene ring substituents is 1. The molecular weight excluding hydrogens is 336 g/mol. The molecule has 3 atom stereocenters. The van der Waals surface area contributed by atoms with Gasteiger partial charge in [0.25, 0.3) is 0 Å². The lowest BCUT2D eigenvalue weighted by atomic mass is 9.61. The van der Waals surface area contributed by atoms with Crippen molar-refractivity contribution >= 4 is 21.6 Å². The van der Waals surface area contributed by atoms with Gasteiger partial charge in [0.15, 0.2) is 5.75 Å². The smallest absolute Gasteiger partial charge is 0.312 e. The molecular formula is C15H21BrN2O3. The van der Waals surface area contributed by atoms with E-state index in [4.69, 9.17) is 4.74 Å². The van der Waals surface area contributed by atoms with Crippen LogP contribution in [-0.4, -0.2) is 23.6 Å². The molecule has 0 saturated heterocycles. The summed E-state index contributed by atoms with van der Waals surface area (Å²) < 4.78 is 6.66. The summed E-state index contributed by atoms with van der Waals surface area (Å²) in [4.78, 5) is 10.8. The zero-order chi connectivity index (χ0) is 15.6. The van der Waals surface area contributed by atoms with Crippen LogP contribution in [0.5, 0.6) is 5.75 Å². The topological polar surface area (TPSA) is 64.4 Å². The molecule has 2 rings (SSSR count). The maximum Gasteiger partial charge on any atom is 0.312 e. The largest absolute Gasteiger partial charge is 0.483 e. The minimum Gasteiger partial charge on any atom is -0.483 e. The summed E-state index contributed by atoms with van der Waals surface area (Å²) >= 11 is 3.26. The van der Waals surface area contributed by atoms with Crippen LogP contribution < -0.4 is 10.1 Å². The molecule has 1 saturated carbocycles. The average Bonchev–Trinajstić information content (AvgIpc) is 2.46. The zero-order valence-corrected chi connectivity index (χ0v) is 14.1. The molecule has 21 heavy (non-hydrogen) atoms. The number of nitrogens with zero attached hydrogens (tertiary/aromatic N) is 1. The lowest BCUT2D eigenvalue weighted by molar-refractivity contribution is -0.386. The molecule has 0 bridgehead atoms. The highest BCUT2D eigenvalue weighted by Crippen LogP contribution is 2.47. The summed E-state index contributed by atoms with van der Waals surface area (Å²) in [5.41, 5.74) is 0.0199. The van der Waals surface area contributed by atoms with Gasteiger partial charge in [-0.1, -0.05) is 36.7 Å². The first-order valence-corrected chi connectivity index (χ1v) is 8.05. The van der Waals surface area contributed by atoms with Crippen LogP contribution in [-0.2, 0) is 0 Å². The Bertz CT molecular complexity index is 538. The Labute approximate surface area is 133 Å². The van der Waals surface area contributed by atoms with Crippen LogP contribution in [0.4, 0.5) is 5.69 Å². The first-order valence-electron chi connectivity index (χ1n) is 7.26. The van der Waals surface area contributed by atoms with Crippen LogP contribution in [0.2, 0.25) is 0 Å². The minimum atomic E-state index is -0.399. The highest BCUT2D eigenvalue weighted by atomic mass is 79.9. The van der Waals surface area contributed by atoms with Gasteiger partial charge < -0.3 is 10.1 Å². The maximum atomic E-state index is 11.2. The summed E-state index contributed by atoms with van der Waals surface area (Å²) in [6.45, 7) is 7.32. The minimum absolute atomic E-state index is 0.00595. The van der Waals surface area contributed by atoms with Gasteiger partial charge in [-0.25, -0.2) is 0 Å². The third kappa shape index (κ3) is 3.06. The third-order valence-corrected chi connectivity index (χ3v) is 5.07. The van der Waals surface area contributed by atoms with Gasteiger partial charge in [-0.2, -0.15) is 0 Å². The van der Waals surface area contributed by atoms with Crippen LogP contribution >= 0.6 is 15.9 Å². The molecule has 0 amide bonds. The van der Waals surface area contributed by atoms with Crippen LogP contribution in [0.25, 0.3) is 0 Å². The second-order valence-electron chi connectivity index (χ2n) is 5.68. The third-order valence-electron chi connectivity index (χ3n) is 4.58. The predicted octanol–water partition coefficient (Wildman–Crippen LogP) is 3.90. The molecule has 0 radical (unpaired) electrons. The first kappa shape index (κ1) is 16.2. The Balaban J connectivity index is 2.18. The number of nitrogens with one attached hydrogen (secondary N) is 1. The van der Waals surface area contributed by atoms with Crippen LogP contribution in [0.15, 0.2) is 22.7 Å². The summed E-state index contributed by atoms with van der Waals surface area (Å²) in [5, 5.41) is 14.6. The van der Waals surface area contributed by atoms with Gasteiger partial charge in [0.2, 0.25) is 0 Å². The van der Waals surface area contributed by atoms with E-state index in [0.717, 1.165) is 19.4 Å². The molecule has 1 aliphatic rings. The van der Waals surface area contributed by atoms with Crippen LogP contribution in [0.3, 0.4) is 0 Å². The number of hydrogen-bond acceptors (Lipinski definition) is 4. The first-order chi connectivity index (χ1) is 9.92. The van der Waals surface area contributed by atoms with E-state index in [2.05, 4.69) is 42.0 Å². The molecule has 0 aromatic heterocycles. The molecule has 6 heteroatoms. The normalized spacial score (nSPS) is 28.0. The van der Waals surface area contributed by atoms with E-state index >= 15 is 0 Å². The lowest BCUT2D eigenvalue weighted by Crippen LogP contribution is -2.63. The average molecular weight is 357 g/mol. The number of halogens is 1. The monoisotopic (exact) mass is 356 g/mol. The van der Waals surface area contributed by atoms with E-state index in [1.165, 1.54) is 6.07 Å². The molecule has 3 unspecified atom stereocenters. The fourth-order valence-electron chi connectivity index (χ4n) is 2.92. The van der Waals surface area contributed by atoms with Crippen molar-refractivity contribution in [2.45, 2.75) is 45.8 Å². The van der Waals surface area contributed by atoms with Gasteiger partial charge in [0.05, 0.1) is 4.92 Å². The van der Waals surface area contributed by atoms with Crippen LogP contribution in [0.1, 0.15) is 33.6 Å². The van der Waals surface area contributed by atoms with Crippen molar-refractivity contribution in [2.75, 3.05) is 6.54 Å². The highest BCUT2D eigenvalue weighted by Gasteiger charge is 2.52. The number of hydrogen-bond donors (Lipinski definition) is 1. The fraction of sp³-hybridized carbons (Fsp3) is 0.600. The van der Waals surface area contributed by atoms with E-state index in [1.807, 2.05) is 0 Å². The Morgan fingerprint density at radius 3 is 2.81 bits per heavy atom. The maximum absolute atomic E-state index is 11.2. The molecule has 116 valence electrons. The summed E-state index contributed by atoms with van der Waals surface area (Å²) in [7, 11) is 0. The SMILES string of the molecule is CCNC1CC(Oc2ccc(Br)cc2[N+](=O)[O-])C1(C)CC. The van der Waals surface area contributed by atoms with E-state index in [0.29, 0.717) is 16.3 Å². The molecule has 1 N–H and O–H groups in total. The standard InChI is InChI=1S/C15H21BrN2O3/c1-4-15(3)13(17-5-2)9-14(15)21-12-7-6-10(16)8-11(12)18(19)20/h6-8,13-14,17H,4-5,9H2,1-3H3. The van der Waals surface area contributed by atoms with Crippen LogP contribution in [0, 0.1) is 15.5 Å². The molecule has 5 nitrogen and oxygen atoms in total. The molecule has 0 spiro atoms. The number of ether oxygens (including phenoxy) is 1. The summed E-state index contributed by atoms with van der Waals surface area (Å²) in [5.74, 6) is 0.350. The van der Waals surface area contributed by atoms with Gasteiger partial charge in [0.1, 0.15) is 6.10 Å². The Morgan fingerprint density at radius 1 is 1.52 bits per heavy atom. The van der Waals surface area contributed by atoms with E-state index in [9.17, 15) is 10.1 Å². The van der Waals surface area contributed by atoms with Gasteiger partial charge >= 0.3 is 5.69 Å². The molecule has 0 heterocycles. The van der Waals surface area contributed by atoms with Crippen molar-refractivity contribution < 1.29 is 9.66 Å². The van der Waals surface area contributed by atoms with Crippen molar-refractivity contribution in [3.05, 3.63) is 32.8 Å². The van der Waals surface area contributed by atoms with Gasteiger partial charge in [-0.15, -0.1) is 0 Å². The van der Waals surface area contributed by atoms with E-state index in [-0.39, 0.29) is 17.2 Å². The van der Waals surface area contributed by atoms with Crippen molar-refractivity contribution in [1.29, 1.82) is 0 Å². The molecule has 0 aliphatic heterocycles. The summed E-state index contributed by atoms with van der Waals surface area (Å²) in [6, 6.07) is 5.33. The lowest BCUT2D eigenvalue weighted by Gasteiger charge is -2.53. The molecule has 1 aliphatic carbocycles. The van der Waals surface area contributed by atoms with Gasteiger partial charge in [-0.05, 0) is 25.1 Å². The second-order valence-corrected chi connectivity index (χ2v) is 6.60. The molecule has 1 aromatic carbocycles. The molecule has 1 fully saturated rings. The molecule has 1 aromatic rings. The number of nitro groups is 1. The Hall–Kier alpha value is -1.14. The van der Waals surface area contributed by atoms with Gasteiger partial charge in [-0.3, -0.25) is 10.1 Å². The number of rotatable bonds is 6. The second kappa shape index (κ2) is 6.32. The van der Waals surface area contributed by atoms with Crippen molar-refractivity contribution in [1.82, 2.24) is 5.32 Å². The zero-order valence-electron chi connectivity index (χ0n) is 12.6. The van der Waals surface area contributed by atoms with Crippen molar-refractivity contribution in [3.63, 3.8) is 0 Å². The van der Waals surface area contributed by atoms with E-state index in [1.54, 1.807) is 12.1 Å². The van der Waals surface area contributed by atoms with Crippen molar-refractivity contribution in [3.8, 4) is 5.75 Å². The fourth-order valence-corrected chi connectivity index (χ4v) is 3.27. The predicted molar refractivity (Wildman–Crippen MR) is 85.7 cm³/mol. The number of benzene rings is 1. The van der Waals surface area contributed by atoms with Gasteiger partial charge in [0, 0.05) is 28.4 Å². The van der Waals surface area contributed by atoms with E-state index < -0.39 is 4.92 Å². The van der Waals surface area contributed by atoms with Crippen molar-refractivity contribution in [2.24, 2.45) is 5.41 Å². The Kier molecular flexibility index (Phi) is 4.88. The Morgan fingerprint density at radius 2 is 2.24 bits per heavy atom. The summed E-state index contributed by atoms with van der Waals surface area (Å²) in [6.07, 6.45) is 1.86.